The van der Waals surface area contributed by atoms with Crippen molar-refractivity contribution >= 4 is 39.1 Å². The summed E-state index contributed by atoms with van der Waals surface area (Å²) in [6.45, 7) is 0. The van der Waals surface area contributed by atoms with Crippen LogP contribution in [0.4, 0.5) is 15.9 Å². The zero-order valence-corrected chi connectivity index (χ0v) is 13.0. The van der Waals surface area contributed by atoms with Gasteiger partial charge in [0, 0.05) is 28.0 Å². The van der Waals surface area contributed by atoms with Crippen molar-refractivity contribution in [2.75, 3.05) is 11.1 Å². The predicted molar refractivity (Wildman–Crippen MR) is 95.8 cm³/mol. The Balaban J connectivity index is 1.70. The fraction of sp³-hybridized carbons (Fsp3) is 0. The number of carbonyl (C=O) groups is 1. The maximum absolute atomic E-state index is 13.9. The topological polar surface area (TPSA) is 80.9 Å². The number of nitrogens with zero attached hydrogens (tertiary/aromatic N) is 2. The van der Waals surface area contributed by atoms with Crippen molar-refractivity contribution in [3.8, 4) is 0 Å². The lowest BCUT2D eigenvalue weighted by Gasteiger charge is -2.09. The molecule has 0 saturated heterocycles. The van der Waals surface area contributed by atoms with Gasteiger partial charge in [0.25, 0.3) is 5.91 Å². The van der Waals surface area contributed by atoms with E-state index in [-0.39, 0.29) is 11.4 Å². The summed E-state index contributed by atoms with van der Waals surface area (Å²) in [5.74, 6) is -0.697. The summed E-state index contributed by atoms with van der Waals surface area (Å²) in [5, 5.41) is 4.60. The average Bonchev–Trinajstić information content (AvgIpc) is 2.62. The van der Waals surface area contributed by atoms with Crippen LogP contribution in [-0.2, 0) is 0 Å². The Hall–Kier alpha value is -3.54. The highest BCUT2D eigenvalue weighted by Crippen LogP contribution is 2.23. The Labute approximate surface area is 142 Å². The molecule has 0 radical (unpaired) electrons. The van der Waals surface area contributed by atoms with Crippen molar-refractivity contribution < 1.29 is 9.18 Å². The Morgan fingerprint density at radius 3 is 2.76 bits per heavy atom. The average molecular weight is 332 g/mol. The second-order valence-corrected chi connectivity index (χ2v) is 5.63. The first-order valence-electron chi connectivity index (χ1n) is 7.62. The van der Waals surface area contributed by atoms with Crippen molar-refractivity contribution in [2.45, 2.75) is 0 Å². The zero-order valence-electron chi connectivity index (χ0n) is 13.0. The normalized spacial score (nSPS) is 10.9. The fourth-order valence-corrected chi connectivity index (χ4v) is 2.72. The van der Waals surface area contributed by atoms with Gasteiger partial charge in [0.05, 0.1) is 17.3 Å². The first-order valence-corrected chi connectivity index (χ1v) is 7.62. The predicted octanol–water partition coefficient (Wildman–Crippen LogP) is 3.76. The van der Waals surface area contributed by atoms with E-state index in [1.807, 2.05) is 24.3 Å². The molecule has 6 heteroatoms. The SMILES string of the molecule is Nc1nc2ccccc2cc1C(=O)Nc1ccc2cncc(F)c2c1. The van der Waals surface area contributed by atoms with Gasteiger partial charge in [-0.25, -0.2) is 9.37 Å². The Kier molecular flexibility index (Phi) is 3.50. The molecule has 25 heavy (non-hydrogen) atoms. The third-order valence-corrected chi connectivity index (χ3v) is 3.97. The molecule has 0 unspecified atom stereocenters. The van der Waals surface area contributed by atoms with Gasteiger partial charge in [-0.1, -0.05) is 24.3 Å². The molecule has 0 aliphatic rings. The number of amides is 1. The monoisotopic (exact) mass is 332 g/mol. The highest BCUT2D eigenvalue weighted by Gasteiger charge is 2.13. The van der Waals surface area contributed by atoms with E-state index in [2.05, 4.69) is 15.3 Å². The van der Waals surface area contributed by atoms with Crippen molar-refractivity contribution in [1.29, 1.82) is 0 Å². The summed E-state index contributed by atoms with van der Waals surface area (Å²) in [6.07, 6.45) is 2.70. The Morgan fingerprint density at radius 1 is 1.04 bits per heavy atom. The van der Waals surface area contributed by atoms with E-state index in [4.69, 9.17) is 5.73 Å². The minimum atomic E-state index is -0.444. The number of benzene rings is 2. The smallest absolute Gasteiger partial charge is 0.259 e. The number of rotatable bonds is 2. The molecule has 5 nitrogen and oxygen atoms in total. The first-order chi connectivity index (χ1) is 12.1. The largest absolute Gasteiger partial charge is 0.383 e. The lowest BCUT2D eigenvalue weighted by atomic mass is 10.1. The molecule has 0 aliphatic heterocycles. The molecule has 4 aromatic rings. The minimum absolute atomic E-state index is 0.146. The number of fused-ring (bicyclic) bond motifs is 2. The van der Waals surface area contributed by atoms with Gasteiger partial charge in [0.1, 0.15) is 11.6 Å². The van der Waals surface area contributed by atoms with E-state index < -0.39 is 11.7 Å². The molecular formula is C19H13FN4O. The van der Waals surface area contributed by atoms with Crippen molar-refractivity contribution in [3.05, 3.63) is 72.3 Å². The number of hydrogen-bond donors (Lipinski definition) is 2. The molecule has 2 heterocycles. The number of para-hydroxylation sites is 1. The molecule has 0 fully saturated rings. The Bertz CT molecular complexity index is 1130. The minimum Gasteiger partial charge on any atom is -0.383 e. The van der Waals surface area contributed by atoms with Crippen LogP contribution in [0.25, 0.3) is 21.7 Å². The van der Waals surface area contributed by atoms with E-state index in [1.165, 1.54) is 0 Å². The number of carbonyl (C=O) groups excluding carboxylic acids is 1. The van der Waals surface area contributed by atoms with E-state index in [0.29, 0.717) is 16.5 Å². The van der Waals surface area contributed by atoms with Gasteiger partial charge >= 0.3 is 0 Å². The second kappa shape index (κ2) is 5.83. The fourth-order valence-electron chi connectivity index (χ4n) is 2.72. The van der Waals surface area contributed by atoms with Crippen molar-refractivity contribution in [2.24, 2.45) is 0 Å². The number of hydrogen-bond acceptors (Lipinski definition) is 4. The standard InChI is InChI=1S/C19H13FN4O/c20-16-10-22-9-12-5-6-13(8-14(12)16)23-19(25)15-7-11-3-1-2-4-17(11)24-18(15)21/h1-10H,(H2,21,24)(H,23,25). The lowest BCUT2D eigenvalue weighted by molar-refractivity contribution is 0.102. The second-order valence-electron chi connectivity index (χ2n) is 5.63. The molecule has 122 valence electrons. The number of halogens is 1. The van der Waals surface area contributed by atoms with Gasteiger partial charge in [0.2, 0.25) is 0 Å². The maximum Gasteiger partial charge on any atom is 0.259 e. The van der Waals surface area contributed by atoms with Gasteiger partial charge in [-0.2, -0.15) is 0 Å². The van der Waals surface area contributed by atoms with Gasteiger partial charge < -0.3 is 11.1 Å². The van der Waals surface area contributed by atoms with Crippen LogP contribution in [0.5, 0.6) is 0 Å². The molecule has 1 amide bonds. The molecule has 4 rings (SSSR count). The molecule has 3 N–H and O–H groups in total. The number of pyridine rings is 2. The highest BCUT2D eigenvalue weighted by molar-refractivity contribution is 6.09. The van der Waals surface area contributed by atoms with Crippen LogP contribution in [0.15, 0.2) is 60.9 Å². The summed E-state index contributed by atoms with van der Waals surface area (Å²) >= 11 is 0. The van der Waals surface area contributed by atoms with Crippen molar-refractivity contribution in [3.63, 3.8) is 0 Å². The molecular weight excluding hydrogens is 319 g/mol. The van der Waals surface area contributed by atoms with Crippen LogP contribution in [-0.4, -0.2) is 15.9 Å². The van der Waals surface area contributed by atoms with Crippen LogP contribution in [0, 0.1) is 5.82 Å². The highest BCUT2D eigenvalue weighted by atomic mass is 19.1. The molecule has 0 spiro atoms. The summed E-state index contributed by atoms with van der Waals surface area (Å²) in [7, 11) is 0. The quantitative estimate of drug-likeness (QED) is 0.586. The van der Waals surface area contributed by atoms with E-state index in [9.17, 15) is 9.18 Å². The molecule has 0 bridgehead atoms. The molecule has 0 saturated carbocycles. The van der Waals surface area contributed by atoms with Crippen LogP contribution in [0.1, 0.15) is 10.4 Å². The number of nitrogens with two attached hydrogens (primary N) is 1. The number of nitrogens with one attached hydrogen (secondary N) is 1. The summed E-state index contributed by atoms with van der Waals surface area (Å²) in [6, 6.07) is 14.0. The van der Waals surface area contributed by atoms with E-state index in [1.54, 1.807) is 30.5 Å². The van der Waals surface area contributed by atoms with Crippen LogP contribution in [0.3, 0.4) is 0 Å². The van der Waals surface area contributed by atoms with Gasteiger partial charge in [0.15, 0.2) is 0 Å². The first kappa shape index (κ1) is 15.0. The molecule has 0 atom stereocenters. The van der Waals surface area contributed by atoms with Crippen LogP contribution in [0.2, 0.25) is 0 Å². The van der Waals surface area contributed by atoms with Crippen LogP contribution >= 0.6 is 0 Å². The molecule has 2 aromatic heterocycles. The van der Waals surface area contributed by atoms with Gasteiger partial charge in [-0.3, -0.25) is 9.78 Å². The number of nitrogen functional groups attached to an aromatic ring is 1. The molecule has 0 aliphatic carbocycles. The number of anilines is 2. The van der Waals surface area contributed by atoms with Crippen LogP contribution < -0.4 is 11.1 Å². The van der Waals surface area contributed by atoms with Gasteiger partial charge in [-0.15, -0.1) is 0 Å². The summed E-state index contributed by atoms with van der Waals surface area (Å²) in [5.41, 5.74) is 7.37. The summed E-state index contributed by atoms with van der Waals surface area (Å²) < 4.78 is 13.9. The maximum atomic E-state index is 13.9. The van der Waals surface area contributed by atoms with Gasteiger partial charge in [-0.05, 0) is 24.3 Å². The van der Waals surface area contributed by atoms with E-state index >= 15 is 0 Å². The Morgan fingerprint density at radius 2 is 1.88 bits per heavy atom. The lowest BCUT2D eigenvalue weighted by Crippen LogP contribution is -2.15. The van der Waals surface area contributed by atoms with Crippen molar-refractivity contribution in [1.82, 2.24) is 9.97 Å². The van der Waals surface area contributed by atoms with E-state index in [0.717, 1.165) is 17.1 Å². The number of aromatic nitrogens is 2. The summed E-state index contributed by atoms with van der Waals surface area (Å²) in [4.78, 5) is 20.6. The third-order valence-electron chi connectivity index (χ3n) is 3.97. The molecule has 2 aromatic carbocycles. The zero-order chi connectivity index (χ0) is 17.4. The third kappa shape index (κ3) is 2.74.